The van der Waals surface area contributed by atoms with E-state index in [1.165, 1.54) is 18.2 Å². The maximum absolute atomic E-state index is 12.9. The van der Waals surface area contributed by atoms with E-state index in [-0.39, 0.29) is 17.8 Å². The van der Waals surface area contributed by atoms with Crippen molar-refractivity contribution in [3.63, 3.8) is 0 Å². The van der Waals surface area contributed by atoms with Crippen LogP contribution in [0.2, 0.25) is 0 Å². The lowest BCUT2D eigenvalue weighted by molar-refractivity contribution is -0.111. The Hall–Kier alpha value is -2.82. The fourth-order valence-electron chi connectivity index (χ4n) is 2.73. The summed E-state index contributed by atoms with van der Waals surface area (Å²) in [5.41, 5.74) is 2.40. The Morgan fingerprint density at radius 2 is 2.12 bits per heavy atom. The molecule has 0 aliphatic carbocycles. The SMILES string of the molecule is CCOc1cc2c(cc1NC(=O)/C=C/c1ccc(F)cc1)OC(C)C2. The van der Waals surface area contributed by atoms with Gasteiger partial charge in [-0.1, -0.05) is 12.1 Å². The maximum atomic E-state index is 12.9. The molecule has 1 aliphatic heterocycles. The number of hydrogen-bond acceptors (Lipinski definition) is 3. The van der Waals surface area contributed by atoms with Crippen LogP contribution in [-0.2, 0) is 11.2 Å². The third kappa shape index (κ3) is 4.18. The molecule has 1 heterocycles. The van der Waals surface area contributed by atoms with Crippen molar-refractivity contribution in [1.29, 1.82) is 0 Å². The van der Waals surface area contributed by atoms with E-state index in [1.807, 2.05) is 19.9 Å². The van der Waals surface area contributed by atoms with E-state index < -0.39 is 0 Å². The number of anilines is 1. The van der Waals surface area contributed by atoms with Gasteiger partial charge in [-0.05, 0) is 43.7 Å². The molecule has 0 bridgehead atoms. The van der Waals surface area contributed by atoms with E-state index in [9.17, 15) is 9.18 Å². The molecule has 0 spiro atoms. The van der Waals surface area contributed by atoms with E-state index in [4.69, 9.17) is 9.47 Å². The number of halogens is 1. The van der Waals surface area contributed by atoms with E-state index in [0.29, 0.717) is 18.0 Å². The minimum Gasteiger partial charge on any atom is -0.492 e. The topological polar surface area (TPSA) is 47.6 Å². The van der Waals surface area contributed by atoms with Gasteiger partial charge < -0.3 is 14.8 Å². The predicted molar refractivity (Wildman–Crippen MR) is 95.5 cm³/mol. The average Bonchev–Trinajstić information content (AvgIpc) is 2.94. The Labute approximate surface area is 146 Å². The molecule has 4 nitrogen and oxygen atoms in total. The van der Waals surface area contributed by atoms with Gasteiger partial charge in [-0.25, -0.2) is 4.39 Å². The van der Waals surface area contributed by atoms with Crippen LogP contribution in [0.4, 0.5) is 10.1 Å². The molecule has 130 valence electrons. The van der Waals surface area contributed by atoms with Gasteiger partial charge in [0.15, 0.2) is 0 Å². The second-order valence-corrected chi connectivity index (χ2v) is 5.90. The van der Waals surface area contributed by atoms with Crippen LogP contribution >= 0.6 is 0 Å². The monoisotopic (exact) mass is 341 g/mol. The first-order valence-corrected chi connectivity index (χ1v) is 8.26. The van der Waals surface area contributed by atoms with Gasteiger partial charge in [0, 0.05) is 24.1 Å². The van der Waals surface area contributed by atoms with Crippen LogP contribution < -0.4 is 14.8 Å². The summed E-state index contributed by atoms with van der Waals surface area (Å²) < 4.78 is 24.3. The van der Waals surface area contributed by atoms with Crippen LogP contribution in [0.15, 0.2) is 42.5 Å². The number of hydrogen-bond donors (Lipinski definition) is 1. The molecule has 2 aromatic rings. The summed E-state index contributed by atoms with van der Waals surface area (Å²) in [7, 11) is 0. The Balaban J connectivity index is 1.76. The second kappa shape index (κ2) is 7.38. The lowest BCUT2D eigenvalue weighted by Crippen LogP contribution is -2.10. The highest BCUT2D eigenvalue weighted by atomic mass is 19.1. The molecular weight excluding hydrogens is 321 g/mol. The molecule has 1 N–H and O–H groups in total. The Morgan fingerprint density at radius 3 is 2.84 bits per heavy atom. The normalized spacial score (nSPS) is 15.7. The van der Waals surface area contributed by atoms with E-state index in [0.717, 1.165) is 23.3 Å². The standard InChI is InChI=1S/C20H20FNO3/c1-3-24-19-11-15-10-13(2)25-18(15)12-17(19)22-20(23)9-6-14-4-7-16(21)8-5-14/h4-9,11-13H,3,10H2,1-2H3,(H,22,23)/b9-6+. The molecular formula is C20H20FNO3. The molecule has 1 amide bonds. The number of carbonyl (C=O) groups excluding carboxylic acids is 1. The number of rotatable bonds is 5. The first-order valence-electron chi connectivity index (χ1n) is 8.26. The van der Waals surface area contributed by atoms with Crippen LogP contribution in [0.1, 0.15) is 25.0 Å². The minimum absolute atomic E-state index is 0.119. The zero-order valence-electron chi connectivity index (χ0n) is 14.2. The largest absolute Gasteiger partial charge is 0.492 e. The van der Waals surface area contributed by atoms with Crippen LogP contribution in [0, 0.1) is 5.82 Å². The first-order chi connectivity index (χ1) is 12.0. The van der Waals surface area contributed by atoms with Crippen LogP contribution in [-0.4, -0.2) is 18.6 Å². The summed E-state index contributed by atoms with van der Waals surface area (Å²) in [6, 6.07) is 9.63. The van der Waals surface area contributed by atoms with Crippen molar-refractivity contribution in [2.75, 3.05) is 11.9 Å². The molecule has 0 saturated heterocycles. The van der Waals surface area contributed by atoms with Gasteiger partial charge in [-0.15, -0.1) is 0 Å². The average molecular weight is 341 g/mol. The number of nitrogens with one attached hydrogen (secondary N) is 1. The fraction of sp³-hybridized carbons (Fsp3) is 0.250. The van der Waals surface area contributed by atoms with Crippen molar-refractivity contribution in [2.45, 2.75) is 26.4 Å². The van der Waals surface area contributed by atoms with Crippen LogP contribution in [0.3, 0.4) is 0 Å². The fourth-order valence-corrected chi connectivity index (χ4v) is 2.73. The molecule has 5 heteroatoms. The number of benzene rings is 2. The van der Waals surface area contributed by atoms with E-state index in [2.05, 4.69) is 5.32 Å². The predicted octanol–water partition coefficient (Wildman–Crippen LogP) is 4.20. The third-order valence-corrected chi connectivity index (χ3v) is 3.85. The van der Waals surface area contributed by atoms with Gasteiger partial charge in [0.1, 0.15) is 23.4 Å². The van der Waals surface area contributed by atoms with Gasteiger partial charge >= 0.3 is 0 Å². The molecule has 0 aromatic heterocycles. The Kier molecular flexibility index (Phi) is 5.03. The molecule has 2 aromatic carbocycles. The number of carbonyl (C=O) groups is 1. The molecule has 1 unspecified atom stereocenters. The summed E-state index contributed by atoms with van der Waals surface area (Å²) >= 11 is 0. The van der Waals surface area contributed by atoms with Crippen molar-refractivity contribution in [1.82, 2.24) is 0 Å². The summed E-state index contributed by atoms with van der Waals surface area (Å²) in [5.74, 6) is 0.794. The van der Waals surface area contributed by atoms with E-state index in [1.54, 1.807) is 24.3 Å². The minimum atomic E-state index is -0.310. The Morgan fingerprint density at radius 1 is 1.36 bits per heavy atom. The molecule has 1 atom stereocenters. The molecule has 25 heavy (non-hydrogen) atoms. The van der Waals surface area contributed by atoms with Crippen molar-refractivity contribution in [3.05, 3.63) is 59.4 Å². The van der Waals surface area contributed by atoms with Gasteiger partial charge in [0.25, 0.3) is 0 Å². The molecule has 1 aliphatic rings. The number of amides is 1. The zero-order valence-corrected chi connectivity index (χ0v) is 14.2. The number of fused-ring (bicyclic) bond motifs is 1. The highest BCUT2D eigenvalue weighted by molar-refractivity contribution is 6.03. The lowest BCUT2D eigenvalue weighted by Gasteiger charge is -2.12. The summed E-state index contributed by atoms with van der Waals surface area (Å²) in [6.45, 7) is 4.40. The van der Waals surface area contributed by atoms with Crippen LogP contribution in [0.5, 0.6) is 11.5 Å². The summed E-state index contributed by atoms with van der Waals surface area (Å²) in [4.78, 5) is 12.2. The molecule has 0 fully saturated rings. The van der Waals surface area contributed by atoms with Crippen LogP contribution in [0.25, 0.3) is 6.08 Å². The van der Waals surface area contributed by atoms with Crippen molar-refractivity contribution in [2.24, 2.45) is 0 Å². The third-order valence-electron chi connectivity index (χ3n) is 3.85. The van der Waals surface area contributed by atoms with Gasteiger partial charge in [-0.2, -0.15) is 0 Å². The zero-order chi connectivity index (χ0) is 17.8. The van der Waals surface area contributed by atoms with Crippen molar-refractivity contribution in [3.8, 4) is 11.5 Å². The molecule has 0 radical (unpaired) electrons. The van der Waals surface area contributed by atoms with Gasteiger partial charge in [0.05, 0.1) is 12.3 Å². The second-order valence-electron chi connectivity index (χ2n) is 5.90. The first kappa shape index (κ1) is 17.0. The smallest absolute Gasteiger partial charge is 0.248 e. The van der Waals surface area contributed by atoms with Crippen molar-refractivity contribution >= 4 is 17.7 Å². The molecule has 3 rings (SSSR count). The van der Waals surface area contributed by atoms with Gasteiger partial charge in [0.2, 0.25) is 5.91 Å². The highest BCUT2D eigenvalue weighted by Gasteiger charge is 2.22. The van der Waals surface area contributed by atoms with Crippen molar-refractivity contribution < 1.29 is 18.7 Å². The summed E-state index contributed by atoms with van der Waals surface area (Å²) in [5, 5.41) is 2.82. The maximum Gasteiger partial charge on any atom is 0.248 e. The summed E-state index contributed by atoms with van der Waals surface area (Å²) in [6.07, 6.45) is 3.98. The van der Waals surface area contributed by atoms with E-state index >= 15 is 0 Å². The number of ether oxygens (including phenoxy) is 2. The lowest BCUT2D eigenvalue weighted by atomic mass is 10.1. The Bertz CT molecular complexity index is 799. The quantitative estimate of drug-likeness (QED) is 0.829. The molecule has 0 saturated carbocycles. The van der Waals surface area contributed by atoms with Gasteiger partial charge in [-0.3, -0.25) is 4.79 Å². The highest BCUT2D eigenvalue weighted by Crippen LogP contribution is 2.38.